The number of hydrogen-bond donors (Lipinski definition) is 1. The molecule has 1 N–H and O–H groups in total. The van der Waals surface area contributed by atoms with E-state index in [9.17, 15) is 4.79 Å². The lowest BCUT2D eigenvalue weighted by atomic mass is 10.3. The Morgan fingerprint density at radius 3 is 2.52 bits per heavy atom. The lowest BCUT2D eigenvalue weighted by molar-refractivity contribution is 0.0615. The van der Waals surface area contributed by atoms with Gasteiger partial charge in [-0.1, -0.05) is 11.6 Å². The number of H-pyrrole nitrogens is 1. The van der Waals surface area contributed by atoms with Crippen molar-refractivity contribution < 1.29 is 9.53 Å². The van der Waals surface area contributed by atoms with Gasteiger partial charge in [0.1, 0.15) is 18.1 Å². The van der Waals surface area contributed by atoms with E-state index in [0.29, 0.717) is 17.3 Å². The number of carbonyl (C=O) groups excluding carboxylic acids is 1. The zero-order chi connectivity index (χ0) is 16.1. The van der Waals surface area contributed by atoms with Gasteiger partial charge in [0, 0.05) is 43.9 Å². The van der Waals surface area contributed by atoms with Gasteiger partial charge in [-0.2, -0.15) is 0 Å². The molecule has 1 aromatic heterocycles. The number of halogens is 1. The third kappa shape index (κ3) is 4.27. The number of benzene rings is 1. The highest BCUT2D eigenvalue weighted by atomic mass is 35.5. The minimum atomic E-state index is 0.0760. The van der Waals surface area contributed by atoms with Gasteiger partial charge in [-0.15, -0.1) is 0 Å². The predicted octanol–water partition coefficient (Wildman–Crippen LogP) is 2.50. The zero-order valence-electron chi connectivity index (χ0n) is 12.9. The molecule has 6 heteroatoms. The van der Waals surface area contributed by atoms with Crippen LogP contribution in [0.2, 0.25) is 5.02 Å². The molecule has 0 atom stereocenters. The molecule has 0 saturated carbocycles. The Bertz CT molecular complexity index is 620. The maximum atomic E-state index is 12.2. The summed E-state index contributed by atoms with van der Waals surface area (Å²) in [6.07, 6.45) is 1.78. The Labute approximate surface area is 140 Å². The lowest BCUT2D eigenvalue weighted by Gasteiger charge is -2.34. The number of amides is 1. The fourth-order valence-electron chi connectivity index (χ4n) is 2.63. The van der Waals surface area contributed by atoms with E-state index in [1.165, 1.54) is 0 Å². The summed E-state index contributed by atoms with van der Waals surface area (Å²) < 4.78 is 5.71. The second kappa shape index (κ2) is 7.53. The number of ether oxygens (including phenoxy) is 1. The van der Waals surface area contributed by atoms with Crippen LogP contribution < -0.4 is 4.74 Å². The van der Waals surface area contributed by atoms with Gasteiger partial charge >= 0.3 is 0 Å². The first-order valence-electron chi connectivity index (χ1n) is 7.76. The molecule has 2 heterocycles. The summed E-state index contributed by atoms with van der Waals surface area (Å²) in [5.74, 6) is 0.905. The van der Waals surface area contributed by atoms with Crippen LogP contribution in [0.1, 0.15) is 10.5 Å². The summed E-state index contributed by atoms with van der Waals surface area (Å²) in [4.78, 5) is 19.4. The Kier molecular flexibility index (Phi) is 5.20. The van der Waals surface area contributed by atoms with Crippen LogP contribution in [0.4, 0.5) is 0 Å². The molecule has 0 radical (unpaired) electrons. The van der Waals surface area contributed by atoms with Gasteiger partial charge in [0.15, 0.2) is 0 Å². The van der Waals surface area contributed by atoms with Crippen LogP contribution in [0, 0.1) is 0 Å². The molecule has 23 heavy (non-hydrogen) atoms. The van der Waals surface area contributed by atoms with E-state index in [2.05, 4.69) is 9.88 Å². The number of nitrogens with zero attached hydrogens (tertiary/aromatic N) is 2. The molecule has 2 aromatic rings. The summed E-state index contributed by atoms with van der Waals surface area (Å²) in [6.45, 7) is 4.73. The first-order chi connectivity index (χ1) is 11.2. The Balaban J connectivity index is 1.39. The van der Waals surface area contributed by atoms with Crippen LogP contribution in [-0.2, 0) is 0 Å². The van der Waals surface area contributed by atoms with Crippen molar-refractivity contribution in [1.29, 1.82) is 0 Å². The molecule has 1 aliphatic rings. The molecular formula is C17H20ClN3O2. The second-order valence-corrected chi connectivity index (χ2v) is 5.96. The van der Waals surface area contributed by atoms with Crippen molar-refractivity contribution in [1.82, 2.24) is 14.8 Å². The van der Waals surface area contributed by atoms with Crippen molar-refractivity contribution >= 4 is 17.5 Å². The van der Waals surface area contributed by atoms with Crippen molar-refractivity contribution in [2.75, 3.05) is 39.3 Å². The lowest BCUT2D eigenvalue weighted by Crippen LogP contribution is -2.49. The first-order valence-corrected chi connectivity index (χ1v) is 8.13. The Hall–Kier alpha value is -1.98. The van der Waals surface area contributed by atoms with E-state index in [4.69, 9.17) is 16.3 Å². The normalized spacial score (nSPS) is 15.6. The summed E-state index contributed by atoms with van der Waals surface area (Å²) in [7, 11) is 0. The topological polar surface area (TPSA) is 48.6 Å². The van der Waals surface area contributed by atoms with Crippen molar-refractivity contribution in [3.05, 3.63) is 53.3 Å². The highest BCUT2D eigenvalue weighted by Gasteiger charge is 2.22. The quantitative estimate of drug-likeness (QED) is 0.914. The maximum Gasteiger partial charge on any atom is 0.270 e. The Morgan fingerprint density at radius 2 is 1.87 bits per heavy atom. The van der Waals surface area contributed by atoms with Crippen molar-refractivity contribution in [2.45, 2.75) is 0 Å². The van der Waals surface area contributed by atoms with Gasteiger partial charge in [0.05, 0.1) is 0 Å². The highest BCUT2D eigenvalue weighted by Crippen LogP contribution is 2.15. The average molecular weight is 334 g/mol. The Morgan fingerprint density at radius 1 is 1.13 bits per heavy atom. The molecule has 3 rings (SSSR count). The molecule has 1 fully saturated rings. The van der Waals surface area contributed by atoms with E-state index in [0.717, 1.165) is 38.5 Å². The molecule has 1 amide bonds. The smallest absolute Gasteiger partial charge is 0.270 e. The van der Waals surface area contributed by atoms with Gasteiger partial charge in [-0.25, -0.2) is 0 Å². The number of hydrogen-bond acceptors (Lipinski definition) is 3. The van der Waals surface area contributed by atoms with Crippen LogP contribution in [-0.4, -0.2) is 60.0 Å². The van der Waals surface area contributed by atoms with E-state index >= 15 is 0 Å². The highest BCUT2D eigenvalue weighted by molar-refractivity contribution is 6.30. The van der Waals surface area contributed by atoms with E-state index < -0.39 is 0 Å². The van der Waals surface area contributed by atoms with Crippen molar-refractivity contribution in [3.8, 4) is 5.75 Å². The molecule has 122 valence electrons. The molecule has 0 spiro atoms. The van der Waals surface area contributed by atoms with Gasteiger partial charge in [-0.3, -0.25) is 9.69 Å². The molecular weight excluding hydrogens is 314 g/mol. The van der Waals surface area contributed by atoms with Gasteiger partial charge in [0.2, 0.25) is 0 Å². The van der Waals surface area contributed by atoms with E-state index in [1.54, 1.807) is 6.20 Å². The molecule has 5 nitrogen and oxygen atoms in total. The standard InChI is InChI=1S/C17H20ClN3O2/c18-14-3-5-15(6-4-14)23-13-12-20-8-10-21(11-9-20)17(22)16-2-1-7-19-16/h1-7,19H,8-13H2. The van der Waals surface area contributed by atoms with Crippen LogP contribution in [0.5, 0.6) is 5.75 Å². The fourth-order valence-corrected chi connectivity index (χ4v) is 2.76. The predicted molar refractivity (Wildman–Crippen MR) is 90.1 cm³/mol. The SMILES string of the molecule is O=C(c1ccc[nH]1)N1CCN(CCOc2ccc(Cl)cc2)CC1. The number of rotatable bonds is 5. The molecule has 0 aliphatic carbocycles. The van der Waals surface area contributed by atoms with E-state index in [-0.39, 0.29) is 5.91 Å². The minimum Gasteiger partial charge on any atom is -0.492 e. The largest absolute Gasteiger partial charge is 0.492 e. The third-order valence-corrected chi connectivity index (χ3v) is 4.23. The van der Waals surface area contributed by atoms with Crippen LogP contribution in [0.15, 0.2) is 42.6 Å². The first kappa shape index (κ1) is 15.9. The molecule has 1 aromatic carbocycles. The molecule has 1 saturated heterocycles. The average Bonchev–Trinajstić information content (AvgIpc) is 3.11. The van der Waals surface area contributed by atoms with Gasteiger partial charge in [0.25, 0.3) is 5.91 Å². The second-order valence-electron chi connectivity index (χ2n) is 5.52. The number of piperazine rings is 1. The van der Waals surface area contributed by atoms with Crippen LogP contribution >= 0.6 is 11.6 Å². The number of carbonyl (C=O) groups is 1. The minimum absolute atomic E-state index is 0.0760. The number of nitrogens with one attached hydrogen (secondary N) is 1. The summed E-state index contributed by atoms with van der Waals surface area (Å²) in [6, 6.07) is 11.0. The van der Waals surface area contributed by atoms with Crippen molar-refractivity contribution in [2.24, 2.45) is 0 Å². The number of aromatic nitrogens is 1. The van der Waals surface area contributed by atoms with Crippen molar-refractivity contribution in [3.63, 3.8) is 0 Å². The molecule has 0 unspecified atom stereocenters. The van der Waals surface area contributed by atoms with Gasteiger partial charge < -0.3 is 14.6 Å². The summed E-state index contributed by atoms with van der Waals surface area (Å²) in [5, 5.41) is 0.709. The monoisotopic (exact) mass is 333 g/mol. The number of aromatic amines is 1. The fraction of sp³-hybridized carbons (Fsp3) is 0.353. The maximum absolute atomic E-state index is 12.2. The summed E-state index contributed by atoms with van der Waals surface area (Å²) in [5.41, 5.74) is 0.657. The third-order valence-electron chi connectivity index (χ3n) is 3.98. The van der Waals surface area contributed by atoms with E-state index in [1.807, 2.05) is 41.3 Å². The summed E-state index contributed by atoms with van der Waals surface area (Å²) >= 11 is 5.85. The van der Waals surface area contributed by atoms with Crippen LogP contribution in [0.3, 0.4) is 0 Å². The van der Waals surface area contributed by atoms with Crippen LogP contribution in [0.25, 0.3) is 0 Å². The molecule has 1 aliphatic heterocycles. The molecule has 0 bridgehead atoms. The van der Waals surface area contributed by atoms with Gasteiger partial charge in [-0.05, 0) is 36.4 Å². The zero-order valence-corrected chi connectivity index (χ0v) is 13.6.